The number of carbonyl (C=O) groups excluding carboxylic acids is 2. The van der Waals surface area contributed by atoms with Crippen LogP contribution in [-0.2, 0) is 4.79 Å². The minimum absolute atomic E-state index is 0.0443. The molecule has 1 aromatic carbocycles. The zero-order chi connectivity index (χ0) is 12.4. The number of likely N-dealkylation sites (tertiary alicyclic amines) is 1. The van der Waals surface area contributed by atoms with Gasteiger partial charge in [0.2, 0.25) is 5.91 Å². The highest BCUT2D eigenvalue weighted by Gasteiger charge is 2.21. The summed E-state index contributed by atoms with van der Waals surface area (Å²) >= 11 is 0. The predicted molar refractivity (Wildman–Crippen MR) is 66.0 cm³/mol. The van der Waals surface area contributed by atoms with Gasteiger partial charge in [0.05, 0.1) is 0 Å². The summed E-state index contributed by atoms with van der Waals surface area (Å²) in [5.41, 5.74) is 2.31. The number of carbonyl (C=O) groups is 2. The summed E-state index contributed by atoms with van der Waals surface area (Å²) in [6.07, 6.45) is 1.08. The molecule has 0 aliphatic carbocycles. The number of hydrogen-bond donors (Lipinski definition) is 1. The molecule has 4 nitrogen and oxygen atoms in total. The Balaban J connectivity index is 2.23. The lowest BCUT2D eigenvalue weighted by molar-refractivity contribution is -0.114. The van der Waals surface area contributed by atoms with Crippen molar-refractivity contribution in [3.8, 4) is 0 Å². The van der Waals surface area contributed by atoms with Crippen molar-refractivity contribution < 1.29 is 9.59 Å². The van der Waals surface area contributed by atoms with Gasteiger partial charge in [0, 0.05) is 31.3 Å². The van der Waals surface area contributed by atoms with Crippen molar-refractivity contribution in [1.82, 2.24) is 4.90 Å². The van der Waals surface area contributed by atoms with E-state index >= 15 is 0 Å². The third kappa shape index (κ3) is 2.46. The van der Waals surface area contributed by atoms with Crippen LogP contribution in [-0.4, -0.2) is 29.8 Å². The molecule has 2 rings (SSSR count). The zero-order valence-electron chi connectivity index (χ0n) is 10.1. The van der Waals surface area contributed by atoms with E-state index in [1.54, 1.807) is 12.1 Å². The fraction of sp³-hybridized carbons (Fsp3) is 0.385. The third-order valence-corrected chi connectivity index (χ3v) is 2.94. The summed E-state index contributed by atoms with van der Waals surface area (Å²) in [6, 6.07) is 5.41. The van der Waals surface area contributed by atoms with Crippen molar-refractivity contribution in [2.45, 2.75) is 20.3 Å². The van der Waals surface area contributed by atoms with E-state index in [0.717, 1.165) is 25.1 Å². The first kappa shape index (κ1) is 11.6. The van der Waals surface area contributed by atoms with Gasteiger partial charge in [-0.15, -0.1) is 0 Å². The van der Waals surface area contributed by atoms with Crippen molar-refractivity contribution >= 4 is 17.5 Å². The lowest BCUT2D eigenvalue weighted by atomic mass is 10.1. The predicted octanol–water partition coefficient (Wildman–Crippen LogP) is 1.80. The molecule has 2 amide bonds. The van der Waals surface area contributed by atoms with Crippen LogP contribution in [0.2, 0.25) is 0 Å². The number of anilines is 1. The Morgan fingerprint density at radius 1 is 1.29 bits per heavy atom. The third-order valence-electron chi connectivity index (χ3n) is 2.94. The Morgan fingerprint density at radius 2 is 2.00 bits per heavy atom. The van der Waals surface area contributed by atoms with Crippen molar-refractivity contribution in [3.63, 3.8) is 0 Å². The molecule has 1 aliphatic heterocycles. The molecule has 0 spiro atoms. The van der Waals surface area contributed by atoms with Gasteiger partial charge in [-0.25, -0.2) is 0 Å². The fourth-order valence-corrected chi connectivity index (χ4v) is 1.78. The number of amides is 2. The van der Waals surface area contributed by atoms with Crippen molar-refractivity contribution in [2.75, 3.05) is 18.4 Å². The minimum Gasteiger partial charge on any atom is -0.339 e. The second kappa shape index (κ2) is 4.57. The van der Waals surface area contributed by atoms with Crippen LogP contribution in [0.15, 0.2) is 18.2 Å². The largest absolute Gasteiger partial charge is 0.339 e. The first-order chi connectivity index (χ1) is 8.08. The van der Waals surface area contributed by atoms with Crippen LogP contribution < -0.4 is 5.32 Å². The first-order valence-electron chi connectivity index (χ1n) is 5.75. The Hall–Kier alpha value is -1.84. The second-order valence-electron chi connectivity index (χ2n) is 4.36. The minimum atomic E-state index is -0.123. The highest BCUT2D eigenvalue weighted by Crippen LogP contribution is 2.19. The van der Waals surface area contributed by atoms with E-state index in [9.17, 15) is 9.59 Å². The van der Waals surface area contributed by atoms with Crippen LogP contribution in [0.1, 0.15) is 29.3 Å². The molecule has 1 heterocycles. The van der Waals surface area contributed by atoms with E-state index in [0.29, 0.717) is 11.3 Å². The van der Waals surface area contributed by atoms with Crippen LogP contribution >= 0.6 is 0 Å². The van der Waals surface area contributed by atoms with Gasteiger partial charge >= 0.3 is 0 Å². The molecule has 90 valence electrons. The summed E-state index contributed by atoms with van der Waals surface area (Å²) in [4.78, 5) is 24.8. The number of nitrogens with zero attached hydrogens (tertiary/aromatic N) is 1. The maximum Gasteiger partial charge on any atom is 0.253 e. The summed E-state index contributed by atoms with van der Waals surface area (Å²) in [5.74, 6) is -0.0792. The lowest BCUT2D eigenvalue weighted by Gasteiger charge is -2.31. The average molecular weight is 232 g/mol. The summed E-state index contributed by atoms with van der Waals surface area (Å²) in [5, 5.41) is 2.73. The molecule has 1 fully saturated rings. The van der Waals surface area contributed by atoms with Gasteiger partial charge in [-0.1, -0.05) is 6.07 Å². The molecule has 0 atom stereocenters. The van der Waals surface area contributed by atoms with E-state index in [-0.39, 0.29) is 11.8 Å². The highest BCUT2D eigenvalue weighted by atomic mass is 16.2. The number of hydrogen-bond acceptors (Lipinski definition) is 2. The van der Waals surface area contributed by atoms with Crippen LogP contribution in [0.25, 0.3) is 0 Å². The summed E-state index contributed by atoms with van der Waals surface area (Å²) < 4.78 is 0. The van der Waals surface area contributed by atoms with Gasteiger partial charge in [0.25, 0.3) is 5.91 Å². The monoisotopic (exact) mass is 232 g/mol. The van der Waals surface area contributed by atoms with E-state index < -0.39 is 0 Å². The zero-order valence-corrected chi connectivity index (χ0v) is 10.1. The molecular weight excluding hydrogens is 216 g/mol. The van der Waals surface area contributed by atoms with Crippen molar-refractivity contribution in [2.24, 2.45) is 0 Å². The molecule has 17 heavy (non-hydrogen) atoms. The maximum absolute atomic E-state index is 12.0. The van der Waals surface area contributed by atoms with Gasteiger partial charge in [-0.3, -0.25) is 9.59 Å². The van der Waals surface area contributed by atoms with E-state index in [1.165, 1.54) is 6.92 Å². The molecular formula is C13H16N2O2. The van der Waals surface area contributed by atoms with Crippen LogP contribution in [0.3, 0.4) is 0 Å². The Morgan fingerprint density at radius 3 is 2.53 bits per heavy atom. The molecule has 1 saturated heterocycles. The topological polar surface area (TPSA) is 49.4 Å². The van der Waals surface area contributed by atoms with E-state index in [2.05, 4.69) is 5.32 Å². The normalized spacial score (nSPS) is 14.1. The van der Waals surface area contributed by atoms with Crippen molar-refractivity contribution in [1.29, 1.82) is 0 Å². The number of benzene rings is 1. The SMILES string of the molecule is CC(=O)Nc1cc(C(=O)N2CCC2)ccc1C. The van der Waals surface area contributed by atoms with E-state index in [1.807, 2.05) is 17.9 Å². The van der Waals surface area contributed by atoms with Gasteiger partial charge in [-0.2, -0.15) is 0 Å². The van der Waals surface area contributed by atoms with Crippen LogP contribution in [0.4, 0.5) is 5.69 Å². The molecule has 1 N–H and O–H groups in total. The summed E-state index contributed by atoms with van der Waals surface area (Å²) in [6.45, 7) is 5.04. The highest BCUT2D eigenvalue weighted by molar-refractivity contribution is 5.97. The Labute approximate surface area is 101 Å². The smallest absolute Gasteiger partial charge is 0.253 e. The lowest BCUT2D eigenvalue weighted by Crippen LogP contribution is -2.42. The van der Waals surface area contributed by atoms with Crippen LogP contribution in [0, 0.1) is 6.92 Å². The quantitative estimate of drug-likeness (QED) is 0.845. The van der Waals surface area contributed by atoms with Gasteiger partial charge in [0.15, 0.2) is 0 Å². The number of rotatable bonds is 2. The van der Waals surface area contributed by atoms with Gasteiger partial charge < -0.3 is 10.2 Å². The maximum atomic E-state index is 12.0. The molecule has 0 radical (unpaired) electrons. The number of aryl methyl sites for hydroxylation is 1. The average Bonchev–Trinajstić information content (AvgIpc) is 2.18. The summed E-state index contributed by atoms with van der Waals surface area (Å²) in [7, 11) is 0. The molecule has 0 unspecified atom stereocenters. The second-order valence-corrected chi connectivity index (χ2v) is 4.36. The van der Waals surface area contributed by atoms with E-state index in [4.69, 9.17) is 0 Å². The molecule has 1 aliphatic rings. The van der Waals surface area contributed by atoms with Crippen molar-refractivity contribution in [3.05, 3.63) is 29.3 Å². The van der Waals surface area contributed by atoms with Gasteiger partial charge in [0.1, 0.15) is 0 Å². The molecule has 1 aromatic rings. The van der Waals surface area contributed by atoms with Crippen LogP contribution in [0.5, 0.6) is 0 Å². The molecule has 0 aromatic heterocycles. The first-order valence-corrected chi connectivity index (χ1v) is 5.75. The van der Waals surface area contributed by atoms with Gasteiger partial charge in [-0.05, 0) is 31.0 Å². The standard InChI is InChI=1S/C13H16N2O2/c1-9-4-5-11(8-12(9)14-10(2)16)13(17)15-6-3-7-15/h4-5,8H,3,6-7H2,1-2H3,(H,14,16). The Bertz CT molecular complexity index is 464. The molecule has 4 heteroatoms. The molecule has 0 bridgehead atoms. The number of nitrogens with one attached hydrogen (secondary N) is 1. The fourth-order valence-electron chi connectivity index (χ4n) is 1.78. The Kier molecular flexibility index (Phi) is 3.13. The molecule has 0 saturated carbocycles.